The lowest BCUT2D eigenvalue weighted by Gasteiger charge is -2.26. The molecule has 16 heavy (non-hydrogen) atoms. The van der Waals surface area contributed by atoms with Crippen molar-refractivity contribution in [3.05, 3.63) is 0 Å². The van der Waals surface area contributed by atoms with E-state index in [2.05, 4.69) is 17.0 Å². The summed E-state index contributed by atoms with van der Waals surface area (Å²) >= 11 is 0. The maximum atomic E-state index is 11.9. The van der Waals surface area contributed by atoms with Gasteiger partial charge in [-0.15, -0.1) is 0 Å². The van der Waals surface area contributed by atoms with Crippen molar-refractivity contribution in [2.45, 2.75) is 38.6 Å². The highest BCUT2D eigenvalue weighted by atomic mass is 32.2. The quantitative estimate of drug-likeness (QED) is 0.712. The van der Waals surface area contributed by atoms with Crippen molar-refractivity contribution in [1.82, 2.24) is 14.3 Å². The Morgan fingerprint density at radius 2 is 2.25 bits per heavy atom. The third-order valence-corrected chi connectivity index (χ3v) is 4.48. The van der Waals surface area contributed by atoms with Crippen molar-refractivity contribution in [2.24, 2.45) is 0 Å². The number of rotatable bonds is 6. The average molecular weight is 249 g/mol. The van der Waals surface area contributed by atoms with Gasteiger partial charge in [-0.05, 0) is 25.8 Å². The van der Waals surface area contributed by atoms with Crippen LogP contribution >= 0.6 is 0 Å². The van der Waals surface area contributed by atoms with Crippen molar-refractivity contribution in [1.29, 1.82) is 0 Å². The molecule has 96 valence electrons. The Bertz CT molecular complexity index is 286. The van der Waals surface area contributed by atoms with Crippen molar-refractivity contribution >= 4 is 10.2 Å². The molecule has 1 aliphatic heterocycles. The number of nitrogens with one attached hydrogen (secondary N) is 2. The summed E-state index contributed by atoms with van der Waals surface area (Å²) in [5, 5.41) is 3.19. The molecule has 0 radical (unpaired) electrons. The van der Waals surface area contributed by atoms with E-state index in [1.54, 1.807) is 7.05 Å². The van der Waals surface area contributed by atoms with Crippen LogP contribution in [0.25, 0.3) is 0 Å². The van der Waals surface area contributed by atoms with Crippen LogP contribution in [0, 0.1) is 0 Å². The summed E-state index contributed by atoms with van der Waals surface area (Å²) in [7, 11) is -1.66. The predicted molar refractivity (Wildman–Crippen MR) is 65.5 cm³/mol. The molecule has 0 aromatic rings. The fourth-order valence-corrected chi connectivity index (χ4v) is 2.93. The minimum atomic E-state index is -3.29. The molecule has 1 saturated heterocycles. The van der Waals surface area contributed by atoms with Crippen molar-refractivity contribution in [3.8, 4) is 0 Å². The van der Waals surface area contributed by atoms with Gasteiger partial charge in [-0.3, -0.25) is 0 Å². The molecule has 0 amide bonds. The highest BCUT2D eigenvalue weighted by molar-refractivity contribution is 7.87. The van der Waals surface area contributed by atoms with Gasteiger partial charge in [0.05, 0.1) is 0 Å². The normalized spacial score (nSPS) is 22.6. The van der Waals surface area contributed by atoms with Gasteiger partial charge in [-0.2, -0.15) is 17.4 Å². The lowest BCUT2D eigenvalue weighted by molar-refractivity contribution is 0.400. The molecule has 1 fully saturated rings. The fraction of sp³-hybridized carbons (Fsp3) is 1.00. The molecule has 0 bridgehead atoms. The van der Waals surface area contributed by atoms with E-state index in [0.29, 0.717) is 6.54 Å². The standard InChI is InChI=1S/C10H23N3O2S/c1-3-4-8-13(2)16(14,15)12-10-6-5-7-11-9-10/h10-12H,3-9H2,1-2H3/t10-/m0/s1. The molecule has 0 saturated carbocycles. The molecule has 1 rings (SSSR count). The van der Waals surface area contributed by atoms with Crippen LogP contribution in [-0.2, 0) is 10.2 Å². The van der Waals surface area contributed by atoms with E-state index in [1.165, 1.54) is 4.31 Å². The lowest BCUT2D eigenvalue weighted by Crippen LogP contribution is -2.49. The predicted octanol–water partition coefficient (Wildman–Crippen LogP) is 0.305. The van der Waals surface area contributed by atoms with Crippen LogP contribution in [0.15, 0.2) is 0 Å². The number of hydrogen-bond acceptors (Lipinski definition) is 3. The van der Waals surface area contributed by atoms with E-state index in [0.717, 1.165) is 38.8 Å². The first-order valence-electron chi connectivity index (χ1n) is 6.00. The van der Waals surface area contributed by atoms with Gasteiger partial charge < -0.3 is 5.32 Å². The second-order valence-corrected chi connectivity index (χ2v) is 6.15. The number of unbranched alkanes of at least 4 members (excludes halogenated alkanes) is 1. The molecule has 2 N–H and O–H groups in total. The molecule has 0 aliphatic carbocycles. The molecule has 0 unspecified atom stereocenters. The molecule has 6 heteroatoms. The summed E-state index contributed by atoms with van der Waals surface area (Å²) in [6.07, 6.45) is 3.87. The number of hydrogen-bond donors (Lipinski definition) is 2. The zero-order valence-electron chi connectivity index (χ0n) is 10.2. The average Bonchev–Trinajstić information content (AvgIpc) is 2.26. The van der Waals surface area contributed by atoms with E-state index < -0.39 is 10.2 Å². The molecule has 1 aliphatic rings. The monoisotopic (exact) mass is 249 g/mol. The van der Waals surface area contributed by atoms with Crippen molar-refractivity contribution in [3.63, 3.8) is 0 Å². The van der Waals surface area contributed by atoms with Crippen LogP contribution in [0.5, 0.6) is 0 Å². The van der Waals surface area contributed by atoms with Crippen LogP contribution < -0.4 is 10.0 Å². The smallest absolute Gasteiger partial charge is 0.279 e. The third-order valence-electron chi connectivity index (χ3n) is 2.85. The minimum absolute atomic E-state index is 0.0443. The summed E-state index contributed by atoms with van der Waals surface area (Å²) in [5.41, 5.74) is 0. The minimum Gasteiger partial charge on any atom is -0.315 e. The van der Waals surface area contributed by atoms with E-state index in [1.807, 2.05) is 0 Å². The number of piperidine rings is 1. The Morgan fingerprint density at radius 1 is 1.50 bits per heavy atom. The molecule has 0 spiro atoms. The first-order chi connectivity index (χ1) is 7.56. The topological polar surface area (TPSA) is 61.4 Å². The van der Waals surface area contributed by atoms with Gasteiger partial charge in [-0.25, -0.2) is 0 Å². The van der Waals surface area contributed by atoms with Gasteiger partial charge in [0.2, 0.25) is 0 Å². The summed E-state index contributed by atoms with van der Waals surface area (Å²) in [5.74, 6) is 0. The Kier molecular flexibility index (Phi) is 5.68. The Hall–Kier alpha value is -0.170. The molecule has 5 nitrogen and oxygen atoms in total. The maximum absolute atomic E-state index is 11.9. The summed E-state index contributed by atoms with van der Waals surface area (Å²) in [4.78, 5) is 0. The van der Waals surface area contributed by atoms with Crippen LogP contribution in [0.4, 0.5) is 0 Å². The highest BCUT2D eigenvalue weighted by Gasteiger charge is 2.22. The Labute approximate surface area is 98.8 Å². The zero-order valence-corrected chi connectivity index (χ0v) is 11.0. The lowest BCUT2D eigenvalue weighted by atomic mass is 10.1. The number of nitrogens with zero attached hydrogens (tertiary/aromatic N) is 1. The first kappa shape index (κ1) is 13.9. The van der Waals surface area contributed by atoms with Gasteiger partial charge in [0.25, 0.3) is 10.2 Å². The first-order valence-corrected chi connectivity index (χ1v) is 7.44. The van der Waals surface area contributed by atoms with E-state index in [-0.39, 0.29) is 6.04 Å². The Balaban J connectivity index is 2.42. The summed E-state index contributed by atoms with van der Waals surface area (Å²) in [6, 6.07) is 0.0443. The molecular formula is C10H23N3O2S. The largest absolute Gasteiger partial charge is 0.315 e. The summed E-state index contributed by atoms with van der Waals surface area (Å²) in [6.45, 7) is 4.37. The second kappa shape index (κ2) is 6.54. The van der Waals surface area contributed by atoms with Crippen LogP contribution in [0.1, 0.15) is 32.6 Å². The van der Waals surface area contributed by atoms with Crippen LogP contribution in [0.2, 0.25) is 0 Å². The van der Waals surface area contributed by atoms with Gasteiger partial charge in [0.1, 0.15) is 0 Å². The van der Waals surface area contributed by atoms with E-state index >= 15 is 0 Å². The third kappa shape index (κ3) is 4.37. The fourth-order valence-electron chi connectivity index (χ4n) is 1.75. The SMILES string of the molecule is CCCCN(C)S(=O)(=O)N[C@H]1CCCNC1. The summed E-state index contributed by atoms with van der Waals surface area (Å²) < 4.78 is 27.9. The molecule has 1 heterocycles. The highest BCUT2D eigenvalue weighted by Crippen LogP contribution is 2.05. The van der Waals surface area contributed by atoms with E-state index in [4.69, 9.17) is 0 Å². The van der Waals surface area contributed by atoms with Crippen molar-refractivity contribution < 1.29 is 8.42 Å². The van der Waals surface area contributed by atoms with E-state index in [9.17, 15) is 8.42 Å². The van der Waals surface area contributed by atoms with Gasteiger partial charge >= 0.3 is 0 Å². The maximum Gasteiger partial charge on any atom is 0.279 e. The molecule has 1 atom stereocenters. The van der Waals surface area contributed by atoms with Crippen LogP contribution in [0.3, 0.4) is 0 Å². The van der Waals surface area contributed by atoms with Crippen molar-refractivity contribution in [2.75, 3.05) is 26.7 Å². The zero-order chi connectivity index (χ0) is 12.0. The second-order valence-electron chi connectivity index (χ2n) is 4.34. The Morgan fingerprint density at radius 3 is 2.81 bits per heavy atom. The van der Waals surface area contributed by atoms with Gasteiger partial charge in [0.15, 0.2) is 0 Å². The van der Waals surface area contributed by atoms with Gasteiger partial charge in [0, 0.05) is 26.2 Å². The molecular weight excluding hydrogens is 226 g/mol. The molecule has 0 aromatic carbocycles. The van der Waals surface area contributed by atoms with Crippen LogP contribution in [-0.4, -0.2) is 45.4 Å². The molecule has 0 aromatic heterocycles. The van der Waals surface area contributed by atoms with Gasteiger partial charge in [-0.1, -0.05) is 13.3 Å².